The van der Waals surface area contributed by atoms with Gasteiger partial charge in [-0.1, -0.05) is 25.1 Å². The van der Waals surface area contributed by atoms with Crippen LogP contribution in [-0.4, -0.2) is 49.8 Å². The van der Waals surface area contributed by atoms with Gasteiger partial charge in [-0.25, -0.2) is 13.6 Å². The van der Waals surface area contributed by atoms with Crippen LogP contribution < -0.4 is 16.2 Å². The number of benzene rings is 2. The Kier molecular flexibility index (Phi) is 9.54. The molecule has 17 heteroatoms. The summed E-state index contributed by atoms with van der Waals surface area (Å²) < 4.78 is 114. The Hall–Kier alpha value is -5.61. The van der Waals surface area contributed by atoms with Crippen molar-refractivity contribution >= 4 is 39.4 Å². The van der Waals surface area contributed by atoms with E-state index >= 15 is 0 Å². The summed E-state index contributed by atoms with van der Waals surface area (Å²) in [5.41, 5.74) is -5.12. The number of carboxylic acids is 1. The van der Waals surface area contributed by atoms with Crippen molar-refractivity contribution in [1.29, 1.82) is 0 Å². The Balaban J connectivity index is 1.53. The molecular weight excluding hydrogens is 682 g/mol. The fourth-order valence-electron chi connectivity index (χ4n) is 5.68. The lowest BCUT2D eigenvalue weighted by Crippen LogP contribution is -2.43. The van der Waals surface area contributed by atoms with Crippen LogP contribution in [0.2, 0.25) is 0 Å². The highest BCUT2D eigenvalue weighted by Crippen LogP contribution is 2.41. The number of fused-ring (bicyclic) bond motifs is 2. The van der Waals surface area contributed by atoms with Crippen molar-refractivity contribution in [3.63, 3.8) is 0 Å². The van der Waals surface area contributed by atoms with Crippen LogP contribution in [-0.2, 0) is 24.4 Å². The van der Waals surface area contributed by atoms with Crippen molar-refractivity contribution in [1.82, 2.24) is 19.9 Å². The third-order valence-electron chi connectivity index (χ3n) is 8.05. The van der Waals surface area contributed by atoms with Crippen molar-refractivity contribution in [2.75, 3.05) is 5.32 Å². The van der Waals surface area contributed by atoms with Crippen LogP contribution >= 0.6 is 0 Å². The van der Waals surface area contributed by atoms with Gasteiger partial charge in [-0.15, -0.1) is 0 Å². The molecule has 3 N–H and O–H groups in total. The third kappa shape index (κ3) is 6.79. The normalized spacial score (nSPS) is 13.3. The fourth-order valence-corrected chi connectivity index (χ4v) is 5.68. The first-order valence-electron chi connectivity index (χ1n) is 14.7. The molecule has 2 atom stereocenters. The van der Waals surface area contributed by atoms with Crippen LogP contribution in [0.15, 0.2) is 65.8 Å². The van der Waals surface area contributed by atoms with E-state index < -0.39 is 88.7 Å². The van der Waals surface area contributed by atoms with Crippen LogP contribution in [0.25, 0.3) is 32.9 Å². The number of carbonyl (C=O) groups excluding carboxylic acids is 1. The zero-order valence-electron chi connectivity index (χ0n) is 25.9. The molecule has 0 aliphatic rings. The number of hydrogen-bond acceptors (Lipinski definition) is 6. The summed E-state index contributed by atoms with van der Waals surface area (Å²) in [6.45, 7) is 1.20. The molecule has 0 spiro atoms. The van der Waals surface area contributed by atoms with Gasteiger partial charge in [0.25, 0.3) is 11.5 Å². The SMILES string of the molecule is CC[C@@H](Nc1cc(F)c(C(=O)N[C@@H](Cc2ccc(-c3c(C(F)(F)F)c4ccncc4n(C)c3=O)c3ncccc23)C(=O)O)c(F)c1)C(F)(F)F. The topological polar surface area (TPSA) is 126 Å². The highest BCUT2D eigenvalue weighted by molar-refractivity contribution is 6.00. The summed E-state index contributed by atoms with van der Waals surface area (Å²) in [4.78, 5) is 46.6. The predicted octanol–water partition coefficient (Wildman–Crippen LogP) is 6.62. The first-order chi connectivity index (χ1) is 23.4. The van der Waals surface area contributed by atoms with Gasteiger partial charge in [0.2, 0.25) is 0 Å². The van der Waals surface area contributed by atoms with Crippen LogP contribution in [0.3, 0.4) is 0 Å². The number of amides is 1. The summed E-state index contributed by atoms with van der Waals surface area (Å²) in [7, 11) is 1.28. The number of carboxylic acid groups (broad SMARTS) is 1. The molecule has 0 aliphatic heterocycles. The lowest BCUT2D eigenvalue weighted by molar-refractivity contribution is -0.143. The van der Waals surface area contributed by atoms with Gasteiger partial charge < -0.3 is 20.3 Å². The lowest BCUT2D eigenvalue weighted by atomic mass is 9.92. The summed E-state index contributed by atoms with van der Waals surface area (Å²) in [5.74, 6) is -6.34. The molecule has 5 rings (SSSR count). The number of aryl methyl sites for hydroxylation is 1. The van der Waals surface area contributed by atoms with Crippen molar-refractivity contribution in [3.05, 3.63) is 99.7 Å². The molecule has 0 unspecified atom stereocenters. The number of hydrogen-bond donors (Lipinski definition) is 3. The number of pyridine rings is 3. The monoisotopic (exact) mass is 707 g/mol. The van der Waals surface area contributed by atoms with Gasteiger partial charge in [-0.05, 0) is 36.2 Å². The first-order valence-corrected chi connectivity index (χ1v) is 14.7. The molecule has 0 aliphatic carbocycles. The molecule has 3 heterocycles. The maximum atomic E-state index is 14.9. The summed E-state index contributed by atoms with van der Waals surface area (Å²) in [6, 6.07) is 3.23. The second-order valence-corrected chi connectivity index (χ2v) is 11.2. The number of nitrogens with one attached hydrogen (secondary N) is 2. The van der Waals surface area contributed by atoms with Crippen LogP contribution in [0.4, 0.5) is 40.8 Å². The Bertz CT molecular complexity index is 2180. The smallest absolute Gasteiger partial charge is 0.417 e. The Morgan fingerprint density at radius 3 is 2.26 bits per heavy atom. The molecule has 50 heavy (non-hydrogen) atoms. The highest BCUT2D eigenvalue weighted by Gasteiger charge is 2.40. The van der Waals surface area contributed by atoms with E-state index in [1.807, 2.05) is 10.6 Å². The maximum Gasteiger partial charge on any atom is 0.417 e. The Labute approximate surface area is 276 Å². The third-order valence-corrected chi connectivity index (χ3v) is 8.05. The number of nitrogens with zero attached hydrogens (tertiary/aromatic N) is 3. The van der Waals surface area contributed by atoms with Crippen LogP contribution in [0.5, 0.6) is 0 Å². The number of alkyl halides is 6. The predicted molar refractivity (Wildman–Crippen MR) is 165 cm³/mol. The molecule has 2 aromatic carbocycles. The first kappa shape index (κ1) is 35.7. The molecule has 1 amide bonds. The summed E-state index contributed by atoms with van der Waals surface area (Å²) in [5, 5.41) is 13.6. The van der Waals surface area contributed by atoms with Gasteiger partial charge in [0.05, 0.1) is 28.4 Å². The second kappa shape index (κ2) is 13.4. The largest absolute Gasteiger partial charge is 0.480 e. The number of carbonyl (C=O) groups is 2. The molecule has 0 saturated carbocycles. The number of rotatable bonds is 9. The lowest BCUT2D eigenvalue weighted by Gasteiger charge is -2.22. The number of aromatic nitrogens is 3. The average Bonchev–Trinajstić information content (AvgIpc) is 3.03. The zero-order valence-corrected chi connectivity index (χ0v) is 25.9. The van der Waals surface area contributed by atoms with E-state index in [9.17, 15) is 54.6 Å². The number of aliphatic carboxylic acids is 1. The van der Waals surface area contributed by atoms with E-state index in [4.69, 9.17) is 0 Å². The minimum atomic E-state index is -5.00. The van der Waals surface area contributed by atoms with E-state index in [1.165, 1.54) is 38.4 Å². The second-order valence-electron chi connectivity index (χ2n) is 11.2. The van der Waals surface area contributed by atoms with E-state index in [2.05, 4.69) is 9.97 Å². The fraction of sp³-hybridized carbons (Fsp3) is 0.242. The minimum Gasteiger partial charge on any atom is -0.480 e. The quantitative estimate of drug-likeness (QED) is 0.147. The van der Waals surface area contributed by atoms with Crippen molar-refractivity contribution in [2.24, 2.45) is 7.05 Å². The standard InChI is InChI=1S/C33H25F8N5O4/c1-3-24(32(36,37)38)44-16-12-20(34)26(21(35)13-16)29(47)45-22(31(49)50)11-15-6-7-19(28-17(15)5-4-9-43-28)25-27(33(39,40)41)18-8-10-42-14-23(18)46(2)30(25)48/h4-10,12-14,22,24,44H,3,11H2,1-2H3,(H,45,47)(H,49,50)/t22-,24+/m0/s1. The molecule has 5 aromatic rings. The molecule has 3 aromatic heterocycles. The van der Waals surface area contributed by atoms with E-state index in [0.29, 0.717) is 12.1 Å². The van der Waals surface area contributed by atoms with E-state index in [0.717, 1.165) is 29.1 Å². The highest BCUT2D eigenvalue weighted by atomic mass is 19.4. The Morgan fingerprint density at radius 1 is 0.980 bits per heavy atom. The van der Waals surface area contributed by atoms with Crippen molar-refractivity contribution in [3.8, 4) is 11.1 Å². The minimum absolute atomic E-state index is 0.0762. The molecule has 0 fully saturated rings. The summed E-state index contributed by atoms with van der Waals surface area (Å²) in [6.07, 6.45) is -7.28. The van der Waals surface area contributed by atoms with Gasteiger partial charge in [-0.2, -0.15) is 26.3 Å². The Morgan fingerprint density at radius 2 is 1.66 bits per heavy atom. The van der Waals surface area contributed by atoms with Gasteiger partial charge in [-0.3, -0.25) is 19.6 Å². The van der Waals surface area contributed by atoms with E-state index in [-0.39, 0.29) is 32.9 Å². The van der Waals surface area contributed by atoms with Gasteiger partial charge in [0.1, 0.15) is 29.3 Å². The summed E-state index contributed by atoms with van der Waals surface area (Å²) >= 11 is 0. The van der Waals surface area contributed by atoms with Gasteiger partial charge >= 0.3 is 18.3 Å². The number of anilines is 1. The molecule has 9 nitrogen and oxygen atoms in total. The molecular formula is C33H25F8N5O4. The maximum absolute atomic E-state index is 14.9. The van der Waals surface area contributed by atoms with Gasteiger partial charge in [0, 0.05) is 47.9 Å². The van der Waals surface area contributed by atoms with Crippen LogP contribution in [0, 0.1) is 11.6 Å². The van der Waals surface area contributed by atoms with E-state index in [1.54, 1.807) is 0 Å². The van der Waals surface area contributed by atoms with Crippen molar-refractivity contribution in [2.45, 2.75) is 44.2 Å². The molecule has 0 saturated heterocycles. The van der Waals surface area contributed by atoms with Crippen LogP contribution in [0.1, 0.15) is 34.8 Å². The van der Waals surface area contributed by atoms with Gasteiger partial charge in [0.15, 0.2) is 0 Å². The molecule has 0 bridgehead atoms. The molecule has 262 valence electrons. The average molecular weight is 708 g/mol. The zero-order chi connectivity index (χ0) is 36.7. The number of halogens is 8. The molecule has 0 radical (unpaired) electrons. The van der Waals surface area contributed by atoms with Crippen molar-refractivity contribution < 1.29 is 49.8 Å².